The molecule has 3 rings (SSSR count). The summed E-state index contributed by atoms with van der Waals surface area (Å²) in [5.74, 6) is -0.165. The van der Waals surface area contributed by atoms with Gasteiger partial charge in [-0.25, -0.2) is 8.42 Å². The van der Waals surface area contributed by atoms with Crippen LogP contribution in [0.3, 0.4) is 0 Å². The second-order valence-corrected chi connectivity index (χ2v) is 12.4. The van der Waals surface area contributed by atoms with Gasteiger partial charge in [0.1, 0.15) is 18.3 Å². The minimum absolute atomic E-state index is 0.0840. The molecule has 0 heterocycles. The SMILES string of the molecule is CC[C@@H](C(=O)NC(C)C)N(Cc1cccc(OC)c1)C(=O)CN(c1cc(C)ccc1C)S(=O)(=O)c1ccc(C)cc1. The Hall–Kier alpha value is -3.85. The lowest BCUT2D eigenvalue weighted by Gasteiger charge is -2.34. The molecule has 0 radical (unpaired) electrons. The van der Waals surface area contributed by atoms with Gasteiger partial charge in [0, 0.05) is 12.6 Å². The van der Waals surface area contributed by atoms with Gasteiger partial charge in [-0.2, -0.15) is 0 Å². The number of nitrogens with one attached hydrogen (secondary N) is 1. The summed E-state index contributed by atoms with van der Waals surface area (Å²) >= 11 is 0. The molecule has 220 valence electrons. The van der Waals surface area contributed by atoms with Gasteiger partial charge in [-0.15, -0.1) is 0 Å². The average Bonchev–Trinajstić information content (AvgIpc) is 2.92. The van der Waals surface area contributed by atoms with Crippen molar-refractivity contribution in [2.75, 3.05) is 18.0 Å². The van der Waals surface area contributed by atoms with E-state index in [9.17, 15) is 18.0 Å². The molecular formula is C32H41N3O5S. The van der Waals surface area contributed by atoms with E-state index in [2.05, 4.69) is 5.32 Å². The van der Waals surface area contributed by atoms with E-state index in [1.165, 1.54) is 4.90 Å². The Morgan fingerprint density at radius 3 is 2.20 bits per heavy atom. The lowest BCUT2D eigenvalue weighted by Crippen LogP contribution is -2.53. The first-order chi connectivity index (χ1) is 19.4. The molecule has 3 aromatic rings. The fourth-order valence-electron chi connectivity index (χ4n) is 4.61. The maximum Gasteiger partial charge on any atom is 0.264 e. The smallest absolute Gasteiger partial charge is 0.264 e. The number of methoxy groups -OCH3 is 1. The molecule has 1 atom stereocenters. The average molecular weight is 580 g/mol. The van der Waals surface area contributed by atoms with E-state index in [1.807, 2.05) is 65.8 Å². The molecule has 0 aliphatic rings. The fourth-order valence-corrected chi connectivity index (χ4v) is 6.08. The van der Waals surface area contributed by atoms with Crippen LogP contribution < -0.4 is 14.4 Å². The second kappa shape index (κ2) is 13.7. The lowest BCUT2D eigenvalue weighted by atomic mass is 10.1. The van der Waals surface area contributed by atoms with Gasteiger partial charge in [-0.1, -0.05) is 48.9 Å². The van der Waals surface area contributed by atoms with Crippen molar-refractivity contribution < 1.29 is 22.7 Å². The van der Waals surface area contributed by atoms with Gasteiger partial charge in [0.2, 0.25) is 11.8 Å². The number of benzene rings is 3. The Morgan fingerprint density at radius 2 is 1.59 bits per heavy atom. The minimum atomic E-state index is -4.13. The highest BCUT2D eigenvalue weighted by Crippen LogP contribution is 2.29. The number of carbonyl (C=O) groups is 2. The first-order valence-electron chi connectivity index (χ1n) is 13.8. The molecule has 0 aliphatic heterocycles. The molecule has 0 spiro atoms. The second-order valence-electron chi connectivity index (χ2n) is 10.6. The fraction of sp³-hybridized carbons (Fsp3) is 0.375. The Balaban J connectivity index is 2.11. The van der Waals surface area contributed by atoms with Crippen LogP contribution in [-0.2, 0) is 26.2 Å². The zero-order valence-corrected chi connectivity index (χ0v) is 25.8. The van der Waals surface area contributed by atoms with Gasteiger partial charge in [-0.3, -0.25) is 13.9 Å². The van der Waals surface area contributed by atoms with Gasteiger partial charge in [-0.05, 0) is 88.1 Å². The summed E-state index contributed by atoms with van der Waals surface area (Å²) < 4.78 is 34.7. The van der Waals surface area contributed by atoms with Crippen LogP contribution in [0, 0.1) is 20.8 Å². The topological polar surface area (TPSA) is 96.0 Å². The van der Waals surface area contributed by atoms with Crippen LogP contribution in [0.4, 0.5) is 5.69 Å². The van der Waals surface area contributed by atoms with Gasteiger partial charge in [0.05, 0.1) is 17.7 Å². The molecule has 0 fully saturated rings. The number of carbonyl (C=O) groups excluding carboxylic acids is 2. The largest absolute Gasteiger partial charge is 0.497 e. The van der Waals surface area contributed by atoms with Gasteiger partial charge < -0.3 is 15.0 Å². The molecule has 1 N–H and O–H groups in total. The van der Waals surface area contributed by atoms with Crippen molar-refractivity contribution in [3.05, 3.63) is 89.0 Å². The third-order valence-electron chi connectivity index (χ3n) is 6.83. The number of hydrogen-bond donors (Lipinski definition) is 1. The lowest BCUT2D eigenvalue weighted by molar-refractivity contribution is -0.140. The third-order valence-corrected chi connectivity index (χ3v) is 8.60. The molecule has 8 nitrogen and oxygen atoms in total. The Kier molecular flexibility index (Phi) is 10.6. The van der Waals surface area contributed by atoms with Gasteiger partial charge in [0.15, 0.2) is 0 Å². The Labute approximate surface area is 244 Å². The first kappa shape index (κ1) is 31.7. The van der Waals surface area contributed by atoms with Gasteiger partial charge >= 0.3 is 0 Å². The van der Waals surface area contributed by atoms with E-state index in [4.69, 9.17) is 4.74 Å². The molecule has 41 heavy (non-hydrogen) atoms. The highest BCUT2D eigenvalue weighted by atomic mass is 32.2. The minimum Gasteiger partial charge on any atom is -0.497 e. The molecule has 0 unspecified atom stereocenters. The summed E-state index contributed by atoms with van der Waals surface area (Å²) in [5.41, 5.74) is 3.67. The van der Waals surface area contributed by atoms with Crippen LogP contribution in [0.25, 0.3) is 0 Å². The maximum absolute atomic E-state index is 14.2. The van der Waals surface area contributed by atoms with Crippen molar-refractivity contribution >= 4 is 27.5 Å². The molecule has 3 aromatic carbocycles. The van der Waals surface area contributed by atoms with Crippen molar-refractivity contribution in [2.45, 2.75) is 71.5 Å². The van der Waals surface area contributed by atoms with Gasteiger partial charge in [0.25, 0.3) is 10.0 Å². The number of rotatable bonds is 12. The molecule has 0 saturated heterocycles. The van der Waals surface area contributed by atoms with Crippen LogP contribution in [0.1, 0.15) is 49.4 Å². The molecule has 2 amide bonds. The molecule has 0 aromatic heterocycles. The predicted octanol–water partition coefficient (Wildman–Crippen LogP) is 5.15. The summed E-state index contributed by atoms with van der Waals surface area (Å²) in [4.78, 5) is 29.1. The van der Waals surface area contributed by atoms with E-state index in [1.54, 1.807) is 49.6 Å². The number of nitrogens with zero attached hydrogens (tertiary/aromatic N) is 2. The third kappa shape index (κ3) is 7.88. The van der Waals surface area contributed by atoms with E-state index < -0.39 is 28.5 Å². The van der Waals surface area contributed by atoms with Crippen molar-refractivity contribution in [2.24, 2.45) is 0 Å². The van der Waals surface area contributed by atoms with Crippen molar-refractivity contribution in [1.29, 1.82) is 0 Å². The van der Waals surface area contributed by atoms with Crippen LogP contribution in [-0.4, -0.2) is 50.9 Å². The number of aryl methyl sites for hydroxylation is 3. The zero-order valence-electron chi connectivity index (χ0n) is 25.0. The quantitative estimate of drug-likeness (QED) is 0.320. The van der Waals surface area contributed by atoms with Crippen LogP contribution in [0.5, 0.6) is 5.75 Å². The first-order valence-corrected chi connectivity index (χ1v) is 15.2. The van der Waals surface area contributed by atoms with Crippen LogP contribution >= 0.6 is 0 Å². The monoisotopic (exact) mass is 579 g/mol. The summed E-state index contributed by atoms with van der Waals surface area (Å²) in [6.45, 7) is 10.7. The predicted molar refractivity (Wildman–Crippen MR) is 163 cm³/mol. The van der Waals surface area contributed by atoms with Crippen molar-refractivity contribution in [1.82, 2.24) is 10.2 Å². The molecule has 9 heteroatoms. The summed E-state index contributed by atoms with van der Waals surface area (Å²) in [6, 6.07) is 18.4. The number of amides is 2. The molecule has 0 saturated carbocycles. The normalized spacial score (nSPS) is 12.1. The Morgan fingerprint density at radius 1 is 0.927 bits per heavy atom. The number of hydrogen-bond acceptors (Lipinski definition) is 5. The zero-order chi connectivity index (χ0) is 30.3. The van der Waals surface area contributed by atoms with E-state index >= 15 is 0 Å². The standard InChI is InChI=1S/C32H41N3O5S/c1-8-29(32(37)33-22(2)3)34(20-26-10-9-11-27(19-26)40-7)31(36)21-35(30-18-24(5)12-15-25(30)6)41(38,39)28-16-13-23(4)14-17-28/h9-19,22,29H,8,20-21H2,1-7H3,(H,33,37)/t29-/m0/s1. The van der Waals surface area contributed by atoms with E-state index in [-0.39, 0.29) is 23.4 Å². The van der Waals surface area contributed by atoms with E-state index in [0.717, 1.165) is 21.0 Å². The molecule has 0 aliphatic carbocycles. The highest BCUT2D eigenvalue weighted by Gasteiger charge is 2.34. The number of ether oxygens (including phenoxy) is 1. The van der Waals surface area contributed by atoms with Crippen molar-refractivity contribution in [3.63, 3.8) is 0 Å². The maximum atomic E-state index is 14.2. The van der Waals surface area contributed by atoms with Crippen LogP contribution in [0.15, 0.2) is 71.6 Å². The summed E-state index contributed by atoms with van der Waals surface area (Å²) in [7, 11) is -2.57. The van der Waals surface area contributed by atoms with Crippen molar-refractivity contribution in [3.8, 4) is 5.75 Å². The number of sulfonamides is 1. The summed E-state index contributed by atoms with van der Waals surface area (Å²) in [6.07, 6.45) is 0.350. The Bertz CT molecular complexity index is 1470. The van der Waals surface area contributed by atoms with Crippen LogP contribution in [0.2, 0.25) is 0 Å². The summed E-state index contributed by atoms with van der Waals surface area (Å²) in [5, 5.41) is 2.91. The highest BCUT2D eigenvalue weighted by molar-refractivity contribution is 7.92. The molecule has 0 bridgehead atoms. The molecular weight excluding hydrogens is 538 g/mol. The number of anilines is 1. The van der Waals surface area contributed by atoms with E-state index in [0.29, 0.717) is 23.4 Å².